The lowest BCUT2D eigenvalue weighted by Gasteiger charge is -2.25. The summed E-state index contributed by atoms with van der Waals surface area (Å²) in [6.45, 7) is 0. The van der Waals surface area contributed by atoms with E-state index in [9.17, 15) is 14.7 Å². The summed E-state index contributed by atoms with van der Waals surface area (Å²) in [5.74, 6) is -1.30. The Kier molecular flexibility index (Phi) is 5.32. The first-order chi connectivity index (χ1) is 11.9. The highest BCUT2D eigenvalue weighted by Gasteiger charge is 2.42. The number of hydrogen-bond donors (Lipinski definition) is 2. The molecule has 5 nitrogen and oxygen atoms in total. The molecule has 1 aliphatic carbocycles. The zero-order valence-corrected chi connectivity index (χ0v) is 15.5. The van der Waals surface area contributed by atoms with E-state index >= 15 is 0 Å². The summed E-state index contributed by atoms with van der Waals surface area (Å²) in [4.78, 5) is 28.2. The first-order valence-corrected chi connectivity index (χ1v) is 9.47. The van der Waals surface area contributed by atoms with E-state index in [2.05, 4.69) is 10.3 Å². The minimum Gasteiger partial charge on any atom is -0.480 e. The van der Waals surface area contributed by atoms with E-state index in [-0.39, 0.29) is 12.3 Å². The molecule has 1 heterocycles. The minimum atomic E-state index is -1.13. The van der Waals surface area contributed by atoms with Crippen LogP contribution in [0.25, 0.3) is 10.6 Å². The number of aromatic nitrogens is 1. The molecule has 132 valence electrons. The highest BCUT2D eigenvalue weighted by Crippen LogP contribution is 2.33. The maximum atomic E-state index is 12.3. The standard InChI is InChI=1S/C17H16Cl2N2O3S/c18-10-3-4-12(13(19)7-10)15-20-11(9-25-15)8-14(22)21-17(16(23)24)5-1-2-6-17/h3-4,7,9H,1-2,5-6,8H2,(H,21,22)(H,23,24). The summed E-state index contributed by atoms with van der Waals surface area (Å²) in [6.07, 6.45) is 2.59. The fourth-order valence-electron chi connectivity index (χ4n) is 3.02. The molecule has 1 aromatic heterocycles. The highest BCUT2D eigenvalue weighted by molar-refractivity contribution is 7.13. The molecule has 25 heavy (non-hydrogen) atoms. The molecule has 3 rings (SSSR count). The highest BCUT2D eigenvalue weighted by atomic mass is 35.5. The molecular formula is C17H16Cl2N2O3S. The zero-order chi connectivity index (χ0) is 18.0. The number of aliphatic carboxylic acids is 1. The zero-order valence-electron chi connectivity index (χ0n) is 13.2. The number of nitrogens with zero attached hydrogens (tertiary/aromatic N) is 1. The van der Waals surface area contributed by atoms with Crippen LogP contribution in [0.2, 0.25) is 10.0 Å². The molecule has 1 saturated carbocycles. The monoisotopic (exact) mass is 398 g/mol. The van der Waals surface area contributed by atoms with E-state index < -0.39 is 11.5 Å². The Balaban J connectivity index is 1.71. The third kappa shape index (κ3) is 3.97. The van der Waals surface area contributed by atoms with Crippen molar-refractivity contribution >= 4 is 46.4 Å². The molecular weight excluding hydrogens is 383 g/mol. The van der Waals surface area contributed by atoms with Crippen LogP contribution in [0.1, 0.15) is 31.4 Å². The van der Waals surface area contributed by atoms with Gasteiger partial charge in [0.15, 0.2) is 0 Å². The van der Waals surface area contributed by atoms with Crippen LogP contribution in [0, 0.1) is 0 Å². The summed E-state index contributed by atoms with van der Waals surface area (Å²) in [7, 11) is 0. The SMILES string of the molecule is O=C(Cc1csc(-c2ccc(Cl)cc2Cl)n1)NC1(C(=O)O)CCCC1. The van der Waals surface area contributed by atoms with Crippen molar-refractivity contribution in [2.75, 3.05) is 0 Å². The number of benzene rings is 1. The molecule has 2 aromatic rings. The van der Waals surface area contributed by atoms with Crippen LogP contribution in [0.4, 0.5) is 0 Å². The number of nitrogens with one attached hydrogen (secondary N) is 1. The molecule has 0 aliphatic heterocycles. The van der Waals surface area contributed by atoms with Gasteiger partial charge < -0.3 is 10.4 Å². The number of hydrogen-bond acceptors (Lipinski definition) is 4. The molecule has 0 spiro atoms. The summed E-state index contributed by atoms with van der Waals surface area (Å²) < 4.78 is 0. The average molecular weight is 399 g/mol. The van der Waals surface area contributed by atoms with Gasteiger partial charge in [-0.3, -0.25) is 4.79 Å². The third-order valence-corrected chi connectivity index (χ3v) is 5.77. The maximum Gasteiger partial charge on any atom is 0.329 e. The Morgan fingerprint density at radius 3 is 2.64 bits per heavy atom. The van der Waals surface area contributed by atoms with E-state index in [1.165, 1.54) is 11.3 Å². The molecule has 0 unspecified atom stereocenters. The third-order valence-electron chi connectivity index (χ3n) is 4.30. The van der Waals surface area contributed by atoms with Crippen LogP contribution >= 0.6 is 34.5 Å². The smallest absolute Gasteiger partial charge is 0.329 e. The van der Waals surface area contributed by atoms with Crippen molar-refractivity contribution < 1.29 is 14.7 Å². The molecule has 1 aromatic carbocycles. The number of carboxylic acid groups (broad SMARTS) is 1. The normalized spacial score (nSPS) is 15.9. The maximum absolute atomic E-state index is 12.3. The molecule has 0 bridgehead atoms. The van der Waals surface area contributed by atoms with Gasteiger partial charge in [0.1, 0.15) is 10.5 Å². The molecule has 8 heteroatoms. The van der Waals surface area contributed by atoms with Gasteiger partial charge in [-0.2, -0.15) is 0 Å². The van der Waals surface area contributed by atoms with Gasteiger partial charge in [0.2, 0.25) is 5.91 Å². The second-order valence-corrected chi connectivity index (χ2v) is 7.79. The van der Waals surface area contributed by atoms with Gasteiger partial charge in [-0.15, -0.1) is 11.3 Å². The van der Waals surface area contributed by atoms with Crippen molar-refractivity contribution in [3.8, 4) is 10.6 Å². The molecule has 0 atom stereocenters. The Morgan fingerprint density at radius 1 is 1.28 bits per heavy atom. The van der Waals surface area contributed by atoms with Crippen LogP contribution < -0.4 is 5.32 Å². The molecule has 2 N–H and O–H groups in total. The Morgan fingerprint density at radius 2 is 2.00 bits per heavy atom. The van der Waals surface area contributed by atoms with Crippen molar-refractivity contribution in [2.45, 2.75) is 37.6 Å². The Hall–Kier alpha value is -1.63. The van der Waals surface area contributed by atoms with Crippen molar-refractivity contribution in [3.05, 3.63) is 39.3 Å². The lowest BCUT2D eigenvalue weighted by molar-refractivity contribution is -0.147. The van der Waals surface area contributed by atoms with Gasteiger partial charge in [-0.05, 0) is 31.0 Å². The molecule has 1 amide bonds. The van der Waals surface area contributed by atoms with E-state index in [1.54, 1.807) is 23.6 Å². The first-order valence-electron chi connectivity index (χ1n) is 7.84. The van der Waals surface area contributed by atoms with Crippen LogP contribution in [0.15, 0.2) is 23.6 Å². The Bertz CT molecular complexity index is 816. The van der Waals surface area contributed by atoms with Crippen molar-refractivity contribution in [1.29, 1.82) is 0 Å². The lowest BCUT2D eigenvalue weighted by Crippen LogP contribution is -2.52. The quantitative estimate of drug-likeness (QED) is 0.791. The van der Waals surface area contributed by atoms with Gasteiger partial charge in [0.05, 0.1) is 17.1 Å². The topological polar surface area (TPSA) is 79.3 Å². The van der Waals surface area contributed by atoms with Gasteiger partial charge >= 0.3 is 5.97 Å². The molecule has 1 aliphatic rings. The Labute approximate surface area is 159 Å². The van der Waals surface area contributed by atoms with Crippen molar-refractivity contribution in [1.82, 2.24) is 10.3 Å². The van der Waals surface area contributed by atoms with Gasteiger partial charge in [-0.1, -0.05) is 36.0 Å². The summed E-state index contributed by atoms with van der Waals surface area (Å²) in [6, 6.07) is 5.15. The van der Waals surface area contributed by atoms with Crippen LogP contribution in [0.3, 0.4) is 0 Å². The van der Waals surface area contributed by atoms with Crippen molar-refractivity contribution in [3.63, 3.8) is 0 Å². The number of rotatable bonds is 5. The van der Waals surface area contributed by atoms with Gasteiger partial charge in [0.25, 0.3) is 0 Å². The molecule has 0 radical (unpaired) electrons. The van der Waals surface area contributed by atoms with E-state index in [0.717, 1.165) is 18.4 Å². The van der Waals surface area contributed by atoms with Crippen molar-refractivity contribution in [2.24, 2.45) is 0 Å². The minimum absolute atomic E-state index is 0.0384. The number of carbonyl (C=O) groups excluding carboxylic acids is 1. The first kappa shape index (κ1) is 18.2. The van der Waals surface area contributed by atoms with Crippen LogP contribution in [0.5, 0.6) is 0 Å². The predicted octanol–water partition coefficient (Wildman–Crippen LogP) is 4.17. The fraction of sp³-hybridized carbons (Fsp3) is 0.353. The lowest BCUT2D eigenvalue weighted by atomic mass is 9.97. The van der Waals surface area contributed by atoms with Gasteiger partial charge in [0, 0.05) is 16.0 Å². The number of carbonyl (C=O) groups is 2. The summed E-state index contributed by atoms with van der Waals surface area (Å²) in [5.41, 5.74) is 0.206. The molecule has 1 fully saturated rings. The fourth-order valence-corrected chi connectivity index (χ4v) is 4.43. The average Bonchev–Trinajstić information content (AvgIpc) is 3.17. The number of carboxylic acids is 1. The van der Waals surface area contributed by atoms with E-state index in [0.29, 0.717) is 33.6 Å². The van der Waals surface area contributed by atoms with Gasteiger partial charge in [-0.25, -0.2) is 9.78 Å². The summed E-state index contributed by atoms with van der Waals surface area (Å²) in [5, 5.41) is 15.6. The molecule has 0 saturated heterocycles. The number of halogens is 2. The number of amides is 1. The number of thiazole rings is 1. The largest absolute Gasteiger partial charge is 0.480 e. The second-order valence-electron chi connectivity index (χ2n) is 6.09. The van der Waals surface area contributed by atoms with E-state index in [4.69, 9.17) is 23.2 Å². The predicted molar refractivity (Wildman–Crippen MR) is 98.3 cm³/mol. The second kappa shape index (κ2) is 7.32. The van der Waals surface area contributed by atoms with E-state index in [1.807, 2.05) is 0 Å². The van der Waals surface area contributed by atoms with Crippen LogP contribution in [-0.2, 0) is 16.0 Å². The van der Waals surface area contributed by atoms with Crippen LogP contribution in [-0.4, -0.2) is 27.5 Å². The summed E-state index contributed by atoms with van der Waals surface area (Å²) >= 11 is 13.5.